The molecule has 0 saturated heterocycles. The standard InChI is InChI=1S/C14H23NO5.C10H10Cl2N2.C2H4/c1-6-12(15(17)18)9-8-11(3)20-13(16)19-10-14(4,5)7-2;1-2-14-5-7-3-8(11)9(12)4-10(7)13-6-14;1-2/h8-9H,6-7,10H2,1-5H3;3-4,6H,2,5H2,1H3;1-2H2/b11-8+,12-9+;;. The summed E-state index contributed by atoms with van der Waals surface area (Å²) in [6.07, 6.45) is 4.92. The predicted octanol–water partition coefficient (Wildman–Crippen LogP) is 8.34. The number of rotatable bonds is 8. The molecule has 0 unspecified atom stereocenters. The Morgan fingerprint density at radius 2 is 1.83 bits per heavy atom. The van der Waals surface area contributed by atoms with Gasteiger partial charge in [0.25, 0.3) is 0 Å². The summed E-state index contributed by atoms with van der Waals surface area (Å²) < 4.78 is 9.89. The maximum Gasteiger partial charge on any atom is 0.513 e. The van der Waals surface area contributed by atoms with Crippen LogP contribution >= 0.6 is 23.2 Å². The monoisotopic (exact) mass is 541 g/mol. The highest BCUT2D eigenvalue weighted by molar-refractivity contribution is 6.42. The van der Waals surface area contributed by atoms with Gasteiger partial charge in [-0.05, 0) is 49.5 Å². The summed E-state index contributed by atoms with van der Waals surface area (Å²) in [5.41, 5.74) is 2.00. The molecule has 36 heavy (non-hydrogen) atoms. The van der Waals surface area contributed by atoms with E-state index in [-0.39, 0.29) is 23.5 Å². The Labute approximate surface area is 224 Å². The Morgan fingerprint density at radius 3 is 2.36 bits per heavy atom. The van der Waals surface area contributed by atoms with Crippen LogP contribution in [-0.2, 0) is 16.0 Å². The largest absolute Gasteiger partial charge is 0.513 e. The van der Waals surface area contributed by atoms with Gasteiger partial charge in [-0.2, -0.15) is 0 Å². The van der Waals surface area contributed by atoms with E-state index >= 15 is 0 Å². The second-order valence-corrected chi connectivity index (χ2v) is 9.22. The molecule has 1 aliphatic rings. The lowest BCUT2D eigenvalue weighted by Crippen LogP contribution is -2.23. The number of fused-ring (bicyclic) bond motifs is 1. The molecule has 0 saturated carbocycles. The SMILES string of the molecule is C=C.CC/C(=C\C=C(/C)OC(=O)OCC(C)(C)CC)[N+](=O)[O-].CCN1C=Nc2cc(Cl)c(Cl)cc2C1. The van der Waals surface area contributed by atoms with Crippen LogP contribution in [0.3, 0.4) is 0 Å². The fourth-order valence-corrected chi connectivity index (χ4v) is 2.84. The van der Waals surface area contributed by atoms with Crippen molar-refractivity contribution in [3.05, 3.63) is 74.6 Å². The van der Waals surface area contributed by atoms with Gasteiger partial charge >= 0.3 is 6.16 Å². The zero-order valence-corrected chi connectivity index (χ0v) is 23.5. The van der Waals surface area contributed by atoms with Crippen LogP contribution in [0.25, 0.3) is 0 Å². The maximum atomic E-state index is 11.4. The molecule has 1 aromatic carbocycles. The van der Waals surface area contributed by atoms with Gasteiger partial charge in [0.05, 0.1) is 27.0 Å². The average Bonchev–Trinajstić information content (AvgIpc) is 2.85. The van der Waals surface area contributed by atoms with E-state index < -0.39 is 11.1 Å². The maximum absolute atomic E-state index is 11.4. The first-order chi connectivity index (χ1) is 16.9. The van der Waals surface area contributed by atoms with Crippen LogP contribution in [-0.4, -0.2) is 35.5 Å². The van der Waals surface area contributed by atoms with Crippen molar-refractivity contribution in [2.24, 2.45) is 10.4 Å². The summed E-state index contributed by atoms with van der Waals surface area (Å²) in [6, 6.07) is 3.70. The van der Waals surface area contributed by atoms with Gasteiger partial charge in [-0.15, -0.1) is 13.2 Å². The molecule has 0 N–H and O–H groups in total. The van der Waals surface area contributed by atoms with Crippen molar-refractivity contribution >= 4 is 41.4 Å². The molecule has 1 aromatic rings. The van der Waals surface area contributed by atoms with Crippen LogP contribution in [0.4, 0.5) is 10.5 Å². The third-order valence-corrected chi connectivity index (χ3v) is 5.87. The quantitative estimate of drug-likeness (QED) is 0.0818. The molecule has 1 heterocycles. The van der Waals surface area contributed by atoms with Crippen molar-refractivity contribution in [2.45, 2.75) is 60.9 Å². The van der Waals surface area contributed by atoms with E-state index in [0.29, 0.717) is 16.5 Å². The Balaban J connectivity index is 0.000000665. The number of carbonyl (C=O) groups excluding carboxylic acids is 1. The van der Waals surface area contributed by atoms with Crippen molar-refractivity contribution in [1.82, 2.24) is 4.90 Å². The highest BCUT2D eigenvalue weighted by Gasteiger charge is 2.18. The Kier molecular flexibility index (Phi) is 15.4. The number of aliphatic imine (C=N–C) groups is 1. The van der Waals surface area contributed by atoms with Gasteiger partial charge in [0, 0.05) is 25.6 Å². The van der Waals surface area contributed by atoms with Crippen molar-refractivity contribution in [2.75, 3.05) is 13.2 Å². The van der Waals surface area contributed by atoms with Crippen molar-refractivity contribution in [3.63, 3.8) is 0 Å². The van der Waals surface area contributed by atoms with Crippen LogP contribution in [0, 0.1) is 15.5 Å². The third-order valence-electron chi connectivity index (χ3n) is 5.15. The second-order valence-electron chi connectivity index (χ2n) is 8.41. The molecular weight excluding hydrogens is 505 g/mol. The summed E-state index contributed by atoms with van der Waals surface area (Å²) in [5, 5.41) is 11.7. The van der Waals surface area contributed by atoms with E-state index in [9.17, 15) is 14.9 Å². The van der Waals surface area contributed by atoms with E-state index in [1.54, 1.807) is 6.92 Å². The number of carbonyl (C=O) groups is 1. The zero-order chi connectivity index (χ0) is 27.9. The minimum Gasteiger partial charge on any atom is -0.433 e. The van der Waals surface area contributed by atoms with Crippen LogP contribution < -0.4 is 0 Å². The van der Waals surface area contributed by atoms with Crippen LogP contribution in [0.2, 0.25) is 10.0 Å². The summed E-state index contributed by atoms with van der Waals surface area (Å²) in [7, 11) is 0. The first-order valence-electron chi connectivity index (χ1n) is 11.5. The highest BCUT2D eigenvalue weighted by Crippen LogP contribution is 2.33. The van der Waals surface area contributed by atoms with Crippen molar-refractivity contribution < 1.29 is 19.2 Å². The molecule has 8 nitrogen and oxygen atoms in total. The Bertz CT molecular complexity index is 975. The van der Waals surface area contributed by atoms with Gasteiger partial charge in [0.2, 0.25) is 5.70 Å². The molecule has 200 valence electrons. The molecule has 0 aliphatic carbocycles. The fraction of sp³-hybridized carbons (Fsp3) is 0.462. The number of allylic oxidation sites excluding steroid dienone is 4. The van der Waals surface area contributed by atoms with E-state index in [1.807, 2.05) is 39.2 Å². The molecule has 2 rings (SSSR count). The summed E-state index contributed by atoms with van der Waals surface area (Å²) in [6.45, 7) is 19.3. The lowest BCUT2D eigenvalue weighted by Gasteiger charge is -2.22. The molecular formula is C26H37Cl2N3O5. The Hall–Kier alpha value is -2.84. The number of nitro groups is 1. The normalized spacial score (nSPS) is 12.9. The smallest absolute Gasteiger partial charge is 0.433 e. The number of halogens is 2. The lowest BCUT2D eigenvalue weighted by molar-refractivity contribution is -0.427. The molecule has 0 bridgehead atoms. The van der Waals surface area contributed by atoms with Gasteiger partial charge in [-0.1, -0.05) is 50.9 Å². The van der Waals surface area contributed by atoms with Gasteiger partial charge in [-0.25, -0.2) is 9.79 Å². The van der Waals surface area contributed by atoms with E-state index in [1.165, 1.54) is 19.1 Å². The summed E-state index contributed by atoms with van der Waals surface area (Å²) in [4.78, 5) is 28.0. The first kappa shape index (κ1) is 33.2. The number of hydrogen-bond acceptors (Lipinski definition) is 7. The Morgan fingerprint density at radius 1 is 1.22 bits per heavy atom. The lowest BCUT2D eigenvalue weighted by atomic mass is 9.92. The minimum absolute atomic E-state index is 0.0495. The topological polar surface area (TPSA) is 94.3 Å². The van der Waals surface area contributed by atoms with E-state index in [2.05, 4.69) is 30.0 Å². The minimum atomic E-state index is -0.798. The molecule has 0 atom stereocenters. The zero-order valence-electron chi connectivity index (χ0n) is 22.0. The summed E-state index contributed by atoms with van der Waals surface area (Å²) >= 11 is 11.8. The average molecular weight is 543 g/mol. The summed E-state index contributed by atoms with van der Waals surface area (Å²) in [5.74, 6) is 0.247. The van der Waals surface area contributed by atoms with Gasteiger partial charge < -0.3 is 14.4 Å². The van der Waals surface area contributed by atoms with Crippen LogP contribution in [0.5, 0.6) is 0 Å². The number of hydrogen-bond donors (Lipinski definition) is 0. The van der Waals surface area contributed by atoms with Crippen LogP contribution in [0.1, 0.15) is 59.9 Å². The van der Waals surface area contributed by atoms with Gasteiger partial charge in [0.15, 0.2) is 0 Å². The van der Waals surface area contributed by atoms with Crippen molar-refractivity contribution in [1.29, 1.82) is 0 Å². The van der Waals surface area contributed by atoms with Crippen LogP contribution in [0.15, 0.2) is 53.9 Å². The molecule has 0 fully saturated rings. The van der Waals surface area contributed by atoms with Gasteiger partial charge in [-0.3, -0.25) is 10.1 Å². The second kappa shape index (κ2) is 16.8. The molecule has 0 aromatic heterocycles. The first-order valence-corrected chi connectivity index (χ1v) is 12.3. The molecule has 0 radical (unpaired) electrons. The van der Waals surface area contributed by atoms with E-state index in [0.717, 1.165) is 30.8 Å². The molecule has 0 spiro atoms. The number of ether oxygens (including phenoxy) is 2. The number of benzene rings is 1. The fourth-order valence-electron chi connectivity index (χ4n) is 2.49. The highest BCUT2D eigenvalue weighted by atomic mass is 35.5. The molecule has 1 aliphatic heterocycles. The third kappa shape index (κ3) is 12.2. The van der Waals surface area contributed by atoms with Gasteiger partial charge in [0.1, 0.15) is 12.4 Å². The number of nitrogens with zero attached hydrogens (tertiary/aromatic N) is 3. The van der Waals surface area contributed by atoms with Crippen molar-refractivity contribution in [3.8, 4) is 0 Å². The predicted molar refractivity (Wildman–Crippen MR) is 148 cm³/mol. The molecule has 10 heteroatoms. The van der Waals surface area contributed by atoms with E-state index in [4.69, 9.17) is 32.7 Å². The molecule has 0 amide bonds.